The maximum atomic E-state index is 13.1. The molecule has 0 aliphatic heterocycles. The van der Waals surface area contributed by atoms with Gasteiger partial charge in [0.05, 0.1) is 16.2 Å². The summed E-state index contributed by atoms with van der Waals surface area (Å²) in [5, 5.41) is 12.3. The third-order valence-electron chi connectivity index (χ3n) is 3.15. The Morgan fingerprint density at radius 3 is 2.37 bits per heavy atom. The molecule has 19 heavy (non-hydrogen) atoms. The van der Waals surface area contributed by atoms with E-state index in [1.807, 2.05) is 0 Å². The molecule has 0 saturated carbocycles. The Balaban J connectivity index is 2.82. The highest BCUT2D eigenvalue weighted by atomic mass is 35.5. The Kier molecular flexibility index (Phi) is 5.26. The molecule has 6 heteroatoms. The largest absolute Gasteiger partial charge is 0.388 e. The Morgan fingerprint density at radius 1 is 1.32 bits per heavy atom. The van der Waals surface area contributed by atoms with Gasteiger partial charge in [-0.1, -0.05) is 25.4 Å². The van der Waals surface area contributed by atoms with Crippen molar-refractivity contribution in [2.24, 2.45) is 0 Å². The Morgan fingerprint density at radius 2 is 1.84 bits per heavy atom. The van der Waals surface area contributed by atoms with Crippen LogP contribution in [0.15, 0.2) is 12.1 Å². The number of carbonyl (C=O) groups is 1. The smallest absolute Gasteiger partial charge is 0.253 e. The molecule has 0 unspecified atom stereocenters. The molecule has 0 saturated heterocycles. The van der Waals surface area contributed by atoms with Crippen LogP contribution < -0.4 is 5.32 Å². The fourth-order valence-electron chi connectivity index (χ4n) is 1.54. The van der Waals surface area contributed by atoms with Crippen molar-refractivity contribution in [3.63, 3.8) is 0 Å². The molecule has 1 aromatic rings. The number of hydrogen-bond donors (Lipinski definition) is 2. The number of carbonyl (C=O) groups excluding carboxylic acids is 1. The van der Waals surface area contributed by atoms with Gasteiger partial charge in [0.1, 0.15) is 0 Å². The number of benzene rings is 1. The van der Waals surface area contributed by atoms with E-state index in [1.54, 1.807) is 13.8 Å². The van der Waals surface area contributed by atoms with Crippen LogP contribution in [0.3, 0.4) is 0 Å². The van der Waals surface area contributed by atoms with Crippen LogP contribution in [0.2, 0.25) is 5.02 Å². The van der Waals surface area contributed by atoms with Gasteiger partial charge < -0.3 is 10.4 Å². The van der Waals surface area contributed by atoms with Gasteiger partial charge in [-0.2, -0.15) is 0 Å². The van der Waals surface area contributed by atoms with Crippen molar-refractivity contribution in [3.8, 4) is 0 Å². The lowest BCUT2D eigenvalue weighted by Crippen LogP contribution is -2.42. The fraction of sp³-hybridized carbons (Fsp3) is 0.462. The zero-order valence-electron chi connectivity index (χ0n) is 10.8. The quantitative estimate of drug-likeness (QED) is 0.820. The molecule has 0 aliphatic carbocycles. The van der Waals surface area contributed by atoms with Gasteiger partial charge in [-0.15, -0.1) is 0 Å². The molecule has 0 aromatic heterocycles. The van der Waals surface area contributed by atoms with Crippen molar-refractivity contribution in [1.29, 1.82) is 0 Å². The van der Waals surface area contributed by atoms with Crippen molar-refractivity contribution >= 4 is 17.5 Å². The predicted molar refractivity (Wildman–Crippen MR) is 69.2 cm³/mol. The minimum Gasteiger partial charge on any atom is -0.388 e. The summed E-state index contributed by atoms with van der Waals surface area (Å²) >= 11 is 5.68. The van der Waals surface area contributed by atoms with Gasteiger partial charge in [-0.3, -0.25) is 4.79 Å². The molecule has 0 aliphatic rings. The summed E-state index contributed by atoms with van der Waals surface area (Å²) in [5.41, 5.74) is -1.17. The Labute approximate surface area is 115 Å². The molecule has 2 N–H and O–H groups in total. The summed E-state index contributed by atoms with van der Waals surface area (Å²) in [4.78, 5) is 11.8. The summed E-state index contributed by atoms with van der Waals surface area (Å²) in [6.07, 6.45) is 0.935. The molecular formula is C13H16ClF2NO2. The van der Waals surface area contributed by atoms with Gasteiger partial charge in [0.25, 0.3) is 5.91 Å². The van der Waals surface area contributed by atoms with E-state index in [4.69, 9.17) is 11.6 Å². The SMILES string of the molecule is CCC(O)(CC)CNC(=O)c1cc(F)c(F)cc1Cl. The number of amides is 1. The van der Waals surface area contributed by atoms with Crippen molar-refractivity contribution in [2.75, 3.05) is 6.54 Å². The van der Waals surface area contributed by atoms with Crippen LogP contribution >= 0.6 is 11.6 Å². The first-order valence-electron chi connectivity index (χ1n) is 5.98. The molecular weight excluding hydrogens is 276 g/mol. The van der Waals surface area contributed by atoms with Crippen molar-refractivity contribution in [3.05, 3.63) is 34.4 Å². The van der Waals surface area contributed by atoms with E-state index in [1.165, 1.54) is 0 Å². The first kappa shape index (κ1) is 15.9. The van der Waals surface area contributed by atoms with Crippen molar-refractivity contribution in [2.45, 2.75) is 32.3 Å². The molecule has 1 aromatic carbocycles. The van der Waals surface area contributed by atoms with Gasteiger partial charge in [0, 0.05) is 6.54 Å². The second-order valence-electron chi connectivity index (χ2n) is 4.36. The van der Waals surface area contributed by atoms with Gasteiger partial charge in [0.2, 0.25) is 0 Å². The zero-order valence-corrected chi connectivity index (χ0v) is 11.5. The normalized spacial score (nSPS) is 11.5. The minimum atomic E-state index is -1.14. The van der Waals surface area contributed by atoms with Gasteiger partial charge in [0.15, 0.2) is 11.6 Å². The zero-order chi connectivity index (χ0) is 14.6. The van der Waals surface area contributed by atoms with E-state index in [-0.39, 0.29) is 17.1 Å². The number of nitrogens with one attached hydrogen (secondary N) is 1. The highest BCUT2D eigenvalue weighted by Gasteiger charge is 2.24. The van der Waals surface area contributed by atoms with Crippen LogP contribution in [0.4, 0.5) is 8.78 Å². The Bertz CT molecular complexity index is 476. The molecule has 106 valence electrons. The highest BCUT2D eigenvalue weighted by molar-refractivity contribution is 6.33. The minimum absolute atomic E-state index is 0.0220. The lowest BCUT2D eigenvalue weighted by Gasteiger charge is -2.25. The maximum Gasteiger partial charge on any atom is 0.253 e. The van der Waals surface area contributed by atoms with Crippen LogP contribution in [-0.2, 0) is 0 Å². The van der Waals surface area contributed by atoms with E-state index in [0.717, 1.165) is 12.1 Å². The second-order valence-corrected chi connectivity index (χ2v) is 4.77. The van der Waals surface area contributed by atoms with Crippen LogP contribution in [0, 0.1) is 11.6 Å². The summed E-state index contributed by atoms with van der Waals surface area (Å²) in [6, 6.07) is 1.49. The Hall–Kier alpha value is -1.20. The summed E-state index contributed by atoms with van der Waals surface area (Å²) < 4.78 is 25.9. The van der Waals surface area contributed by atoms with E-state index in [2.05, 4.69) is 5.32 Å². The molecule has 3 nitrogen and oxygen atoms in total. The van der Waals surface area contributed by atoms with Crippen LogP contribution in [0.1, 0.15) is 37.0 Å². The fourth-order valence-corrected chi connectivity index (χ4v) is 1.77. The monoisotopic (exact) mass is 291 g/mol. The van der Waals surface area contributed by atoms with E-state index in [0.29, 0.717) is 12.8 Å². The molecule has 0 spiro atoms. The number of aliphatic hydroxyl groups is 1. The van der Waals surface area contributed by atoms with Crippen molar-refractivity contribution in [1.82, 2.24) is 5.32 Å². The molecule has 0 heterocycles. The molecule has 0 fully saturated rings. The first-order chi connectivity index (χ1) is 8.83. The van der Waals surface area contributed by atoms with Gasteiger partial charge >= 0.3 is 0 Å². The summed E-state index contributed by atoms with van der Waals surface area (Å²) in [5.74, 6) is -2.90. The molecule has 0 radical (unpaired) electrons. The maximum absolute atomic E-state index is 13.1. The molecule has 0 bridgehead atoms. The van der Waals surface area contributed by atoms with Crippen LogP contribution in [0.5, 0.6) is 0 Å². The molecule has 1 amide bonds. The van der Waals surface area contributed by atoms with E-state index in [9.17, 15) is 18.7 Å². The van der Waals surface area contributed by atoms with Crippen LogP contribution in [0.25, 0.3) is 0 Å². The number of hydrogen-bond acceptors (Lipinski definition) is 2. The number of rotatable bonds is 5. The lowest BCUT2D eigenvalue weighted by molar-refractivity contribution is 0.0314. The standard InChI is InChI=1S/C13H16ClF2NO2/c1-3-13(19,4-2)7-17-12(18)8-5-10(15)11(16)6-9(8)14/h5-6,19H,3-4,7H2,1-2H3,(H,17,18). The predicted octanol–water partition coefficient (Wildman–Crippen LogP) is 2.90. The molecule has 1 rings (SSSR count). The van der Waals surface area contributed by atoms with Gasteiger partial charge in [-0.25, -0.2) is 8.78 Å². The third kappa shape index (κ3) is 3.88. The van der Waals surface area contributed by atoms with E-state index < -0.39 is 23.1 Å². The first-order valence-corrected chi connectivity index (χ1v) is 6.36. The highest BCUT2D eigenvalue weighted by Crippen LogP contribution is 2.20. The van der Waals surface area contributed by atoms with Crippen molar-refractivity contribution < 1.29 is 18.7 Å². The van der Waals surface area contributed by atoms with E-state index >= 15 is 0 Å². The number of halogens is 3. The lowest BCUT2D eigenvalue weighted by atomic mass is 9.97. The second kappa shape index (κ2) is 6.30. The summed E-state index contributed by atoms with van der Waals surface area (Å²) in [7, 11) is 0. The third-order valence-corrected chi connectivity index (χ3v) is 3.46. The van der Waals surface area contributed by atoms with Gasteiger partial charge in [-0.05, 0) is 25.0 Å². The summed E-state index contributed by atoms with van der Waals surface area (Å²) in [6.45, 7) is 3.61. The van der Waals surface area contributed by atoms with Crippen LogP contribution in [-0.4, -0.2) is 23.2 Å². The topological polar surface area (TPSA) is 49.3 Å². The molecule has 0 atom stereocenters. The average molecular weight is 292 g/mol. The average Bonchev–Trinajstić information content (AvgIpc) is 2.39.